The van der Waals surface area contributed by atoms with E-state index in [1.807, 2.05) is 0 Å². The molecule has 0 saturated heterocycles. The number of carbonyl (C=O) groups excluding carboxylic acids is 1. The zero-order valence-corrected chi connectivity index (χ0v) is 10.5. The molecule has 0 radical (unpaired) electrons. The topological polar surface area (TPSA) is 49.3 Å². The molecule has 1 aliphatic carbocycles. The van der Waals surface area contributed by atoms with Crippen molar-refractivity contribution in [1.29, 1.82) is 0 Å². The maximum absolute atomic E-state index is 11.6. The van der Waals surface area contributed by atoms with Gasteiger partial charge in [0.15, 0.2) is 0 Å². The zero-order chi connectivity index (χ0) is 12.0. The van der Waals surface area contributed by atoms with Gasteiger partial charge >= 0.3 is 0 Å². The molecule has 0 bridgehead atoms. The molecule has 3 atom stereocenters. The predicted molar refractivity (Wildman–Crippen MR) is 65.0 cm³/mol. The Bertz CT molecular complexity index is 218. The predicted octanol–water partition coefficient (Wildman–Crippen LogP) is 2.09. The van der Waals surface area contributed by atoms with Crippen LogP contribution in [0.15, 0.2) is 0 Å². The van der Waals surface area contributed by atoms with Crippen LogP contribution in [0, 0.1) is 11.8 Å². The van der Waals surface area contributed by atoms with Crippen molar-refractivity contribution in [2.24, 2.45) is 11.8 Å². The van der Waals surface area contributed by atoms with Gasteiger partial charge in [-0.25, -0.2) is 0 Å². The molecule has 0 aliphatic heterocycles. The Hall–Kier alpha value is -0.570. The molecule has 1 saturated carbocycles. The number of hydrogen-bond acceptors (Lipinski definition) is 2. The summed E-state index contributed by atoms with van der Waals surface area (Å²) in [4.78, 5) is 11.6. The van der Waals surface area contributed by atoms with Crippen molar-refractivity contribution in [3.8, 4) is 0 Å². The van der Waals surface area contributed by atoms with E-state index >= 15 is 0 Å². The summed E-state index contributed by atoms with van der Waals surface area (Å²) in [5.41, 5.74) is 0. The first-order valence-electron chi connectivity index (χ1n) is 6.58. The first-order valence-corrected chi connectivity index (χ1v) is 6.58. The Labute approximate surface area is 98.6 Å². The van der Waals surface area contributed by atoms with Gasteiger partial charge in [-0.15, -0.1) is 0 Å². The Morgan fingerprint density at radius 3 is 2.75 bits per heavy atom. The molecule has 0 aromatic heterocycles. The van der Waals surface area contributed by atoms with Crippen molar-refractivity contribution >= 4 is 5.91 Å². The second-order valence-electron chi connectivity index (χ2n) is 5.13. The molecule has 0 heterocycles. The molecule has 3 heteroatoms. The highest BCUT2D eigenvalue weighted by Gasteiger charge is 2.23. The maximum atomic E-state index is 11.6. The van der Waals surface area contributed by atoms with Crippen LogP contribution in [0.2, 0.25) is 0 Å². The van der Waals surface area contributed by atoms with Crippen LogP contribution in [0.4, 0.5) is 0 Å². The largest absolute Gasteiger partial charge is 0.393 e. The molecule has 3 unspecified atom stereocenters. The Morgan fingerprint density at radius 2 is 2.12 bits per heavy atom. The summed E-state index contributed by atoms with van der Waals surface area (Å²) in [5.74, 6) is 0.859. The van der Waals surface area contributed by atoms with Crippen molar-refractivity contribution in [2.45, 2.75) is 58.5 Å². The molecule has 1 aliphatic rings. The minimum atomic E-state index is -0.211. The van der Waals surface area contributed by atoms with E-state index in [-0.39, 0.29) is 17.9 Å². The summed E-state index contributed by atoms with van der Waals surface area (Å²) in [6.45, 7) is 4.84. The fourth-order valence-electron chi connectivity index (χ4n) is 2.20. The minimum absolute atomic E-state index is 0.132. The van der Waals surface area contributed by atoms with Crippen LogP contribution in [0.3, 0.4) is 0 Å². The number of rotatable bonds is 5. The molecule has 1 amide bonds. The van der Waals surface area contributed by atoms with Crippen LogP contribution in [0.5, 0.6) is 0 Å². The average Bonchev–Trinajstić information content (AvgIpc) is 2.28. The lowest BCUT2D eigenvalue weighted by Crippen LogP contribution is -2.37. The molecular formula is C13H25NO2. The second-order valence-corrected chi connectivity index (χ2v) is 5.13. The third kappa shape index (κ3) is 4.52. The van der Waals surface area contributed by atoms with Crippen LogP contribution in [-0.4, -0.2) is 23.7 Å². The minimum Gasteiger partial charge on any atom is -0.393 e. The van der Waals surface area contributed by atoms with Crippen LogP contribution >= 0.6 is 0 Å². The van der Waals surface area contributed by atoms with Gasteiger partial charge in [-0.1, -0.05) is 33.1 Å². The summed E-state index contributed by atoms with van der Waals surface area (Å²) in [5, 5.41) is 12.7. The molecule has 16 heavy (non-hydrogen) atoms. The van der Waals surface area contributed by atoms with Crippen LogP contribution in [0.25, 0.3) is 0 Å². The summed E-state index contributed by atoms with van der Waals surface area (Å²) >= 11 is 0. The van der Waals surface area contributed by atoms with E-state index in [0.717, 1.165) is 25.7 Å². The summed E-state index contributed by atoms with van der Waals surface area (Å²) in [6, 6.07) is 0. The quantitative estimate of drug-likeness (QED) is 0.755. The Kier molecular flexibility index (Phi) is 5.81. The Morgan fingerprint density at radius 1 is 1.44 bits per heavy atom. The molecule has 1 rings (SSSR count). The maximum Gasteiger partial charge on any atom is 0.220 e. The number of amides is 1. The van der Waals surface area contributed by atoms with Gasteiger partial charge in [0.05, 0.1) is 6.10 Å². The molecule has 0 aromatic rings. The van der Waals surface area contributed by atoms with Gasteiger partial charge in [0.2, 0.25) is 5.91 Å². The van der Waals surface area contributed by atoms with Crippen molar-refractivity contribution < 1.29 is 9.90 Å². The summed E-state index contributed by atoms with van der Waals surface area (Å²) in [6.07, 6.45) is 5.69. The van der Waals surface area contributed by atoms with Crippen LogP contribution in [-0.2, 0) is 4.79 Å². The Balaban J connectivity index is 2.20. The third-order valence-electron chi connectivity index (χ3n) is 3.66. The van der Waals surface area contributed by atoms with Crippen LogP contribution in [0.1, 0.15) is 52.4 Å². The molecule has 1 fully saturated rings. The number of carbonyl (C=O) groups is 1. The SMILES string of the molecule is CCC(C)CC(=O)NCC1CCCCC1O. The van der Waals surface area contributed by atoms with E-state index in [9.17, 15) is 9.90 Å². The summed E-state index contributed by atoms with van der Waals surface area (Å²) < 4.78 is 0. The number of aliphatic hydroxyl groups is 1. The molecule has 94 valence electrons. The average molecular weight is 227 g/mol. The third-order valence-corrected chi connectivity index (χ3v) is 3.66. The first-order chi connectivity index (χ1) is 7.63. The molecule has 3 nitrogen and oxygen atoms in total. The van der Waals surface area contributed by atoms with Gasteiger partial charge in [0.1, 0.15) is 0 Å². The highest BCUT2D eigenvalue weighted by Crippen LogP contribution is 2.23. The summed E-state index contributed by atoms with van der Waals surface area (Å²) in [7, 11) is 0. The van der Waals surface area contributed by atoms with Gasteiger partial charge < -0.3 is 10.4 Å². The van der Waals surface area contributed by atoms with Crippen molar-refractivity contribution in [1.82, 2.24) is 5.32 Å². The molecule has 2 N–H and O–H groups in total. The normalized spacial score (nSPS) is 27.4. The van der Waals surface area contributed by atoms with Gasteiger partial charge in [0.25, 0.3) is 0 Å². The van der Waals surface area contributed by atoms with Gasteiger partial charge in [-0.2, -0.15) is 0 Å². The smallest absolute Gasteiger partial charge is 0.220 e. The first kappa shape index (κ1) is 13.5. The molecule has 0 aromatic carbocycles. The second kappa shape index (κ2) is 6.89. The van der Waals surface area contributed by atoms with E-state index in [1.54, 1.807) is 0 Å². The molecular weight excluding hydrogens is 202 g/mol. The highest BCUT2D eigenvalue weighted by molar-refractivity contribution is 5.76. The zero-order valence-electron chi connectivity index (χ0n) is 10.5. The van der Waals surface area contributed by atoms with Crippen molar-refractivity contribution in [2.75, 3.05) is 6.54 Å². The lowest BCUT2D eigenvalue weighted by atomic mass is 9.86. The van der Waals surface area contributed by atoms with E-state index in [4.69, 9.17) is 0 Å². The molecule has 0 spiro atoms. The monoisotopic (exact) mass is 227 g/mol. The van der Waals surface area contributed by atoms with E-state index in [2.05, 4.69) is 19.2 Å². The van der Waals surface area contributed by atoms with E-state index in [1.165, 1.54) is 6.42 Å². The lowest BCUT2D eigenvalue weighted by Gasteiger charge is -2.27. The fraction of sp³-hybridized carbons (Fsp3) is 0.923. The van der Waals surface area contributed by atoms with E-state index < -0.39 is 0 Å². The van der Waals surface area contributed by atoms with E-state index in [0.29, 0.717) is 18.9 Å². The van der Waals surface area contributed by atoms with Crippen LogP contribution < -0.4 is 5.32 Å². The van der Waals surface area contributed by atoms with Gasteiger partial charge in [-0.3, -0.25) is 4.79 Å². The number of aliphatic hydroxyl groups excluding tert-OH is 1. The highest BCUT2D eigenvalue weighted by atomic mass is 16.3. The standard InChI is InChI=1S/C13H25NO2/c1-3-10(2)8-13(16)14-9-11-6-4-5-7-12(11)15/h10-12,15H,3-9H2,1-2H3,(H,14,16). The van der Waals surface area contributed by atoms with Crippen molar-refractivity contribution in [3.05, 3.63) is 0 Å². The number of hydrogen-bond donors (Lipinski definition) is 2. The number of nitrogens with one attached hydrogen (secondary N) is 1. The lowest BCUT2D eigenvalue weighted by molar-refractivity contribution is -0.122. The van der Waals surface area contributed by atoms with Gasteiger partial charge in [0, 0.05) is 18.9 Å². The van der Waals surface area contributed by atoms with Crippen molar-refractivity contribution in [3.63, 3.8) is 0 Å². The fourth-order valence-corrected chi connectivity index (χ4v) is 2.20. The van der Waals surface area contributed by atoms with Gasteiger partial charge in [-0.05, 0) is 18.8 Å².